The summed E-state index contributed by atoms with van der Waals surface area (Å²) in [6.07, 6.45) is -4.48. The number of hydrogen-bond acceptors (Lipinski definition) is 6. The Hall–Kier alpha value is -2.20. The number of likely N-dealkylation sites (tertiary alicyclic amines) is 1. The highest BCUT2D eigenvalue weighted by molar-refractivity contribution is 7.17. The predicted octanol–water partition coefficient (Wildman–Crippen LogP) is 2.75. The molecule has 2 aromatic heterocycles. The minimum Gasteiger partial charge on any atom is -0.392 e. The number of piperidine rings is 1. The van der Waals surface area contributed by atoms with Crippen LogP contribution in [0.25, 0.3) is 10.6 Å². The lowest BCUT2D eigenvalue weighted by molar-refractivity contribution is -0.156. The van der Waals surface area contributed by atoms with Gasteiger partial charge in [0.05, 0.1) is 21.8 Å². The van der Waals surface area contributed by atoms with Gasteiger partial charge in [-0.1, -0.05) is 5.16 Å². The maximum atomic E-state index is 12.8. The summed E-state index contributed by atoms with van der Waals surface area (Å²) in [6.45, 7) is 1.67. The van der Waals surface area contributed by atoms with Crippen LogP contribution in [-0.2, 0) is 11.0 Å². The lowest BCUT2D eigenvalue weighted by Gasteiger charge is -2.33. The molecule has 0 saturated carbocycles. The molecule has 2 aromatic rings. The number of amides is 1. The van der Waals surface area contributed by atoms with Crippen LogP contribution >= 0.6 is 11.3 Å². The molecule has 0 aliphatic carbocycles. The van der Waals surface area contributed by atoms with Gasteiger partial charge in [0.1, 0.15) is 12.0 Å². The second kappa shape index (κ2) is 6.84. The zero-order valence-electron chi connectivity index (χ0n) is 13.6. The first-order valence-electron chi connectivity index (χ1n) is 7.78. The maximum absolute atomic E-state index is 12.8. The third-order valence-electron chi connectivity index (χ3n) is 4.31. The normalized spacial score (nSPS) is 21.0. The number of halogens is 3. The summed E-state index contributed by atoms with van der Waals surface area (Å²) >= 11 is 1.00. The lowest BCUT2D eigenvalue weighted by Crippen LogP contribution is -2.46. The van der Waals surface area contributed by atoms with Crippen molar-refractivity contribution < 1.29 is 32.4 Å². The standard InChI is InChI=1S/C16H15F3N2O4S/c1-8-13(20-25-14(8)16(17,18)19)11-2-3-12(26-11)15(24)21-5-4-10(23)9(6-21)7-22/h2-3,7,9-10,23H,4-6H2,1H3/t9?,10-/m0/s1. The molecule has 6 nitrogen and oxygen atoms in total. The van der Waals surface area contributed by atoms with E-state index in [4.69, 9.17) is 0 Å². The van der Waals surface area contributed by atoms with Crippen LogP contribution in [-0.4, -0.2) is 46.5 Å². The Labute approximate surface area is 150 Å². The van der Waals surface area contributed by atoms with E-state index in [1.165, 1.54) is 24.0 Å². The fourth-order valence-corrected chi connectivity index (χ4v) is 3.87. The lowest BCUT2D eigenvalue weighted by atomic mass is 9.96. The number of carbonyl (C=O) groups is 2. The van der Waals surface area contributed by atoms with Crippen LogP contribution in [0.15, 0.2) is 16.7 Å². The minimum absolute atomic E-state index is 0.0428. The summed E-state index contributed by atoms with van der Waals surface area (Å²) in [6, 6.07) is 3.02. The fourth-order valence-electron chi connectivity index (χ4n) is 2.85. The van der Waals surface area contributed by atoms with Crippen molar-refractivity contribution in [3.8, 4) is 10.6 Å². The molecule has 140 valence electrons. The zero-order valence-corrected chi connectivity index (χ0v) is 14.4. The third-order valence-corrected chi connectivity index (χ3v) is 5.39. The number of aldehydes is 1. The predicted molar refractivity (Wildman–Crippen MR) is 85.6 cm³/mol. The molecule has 1 aliphatic rings. The van der Waals surface area contributed by atoms with E-state index in [9.17, 15) is 27.9 Å². The monoisotopic (exact) mass is 388 g/mol. The molecule has 0 spiro atoms. The molecule has 1 N–H and O–H groups in total. The van der Waals surface area contributed by atoms with Gasteiger partial charge >= 0.3 is 6.18 Å². The third kappa shape index (κ3) is 3.38. The summed E-state index contributed by atoms with van der Waals surface area (Å²) < 4.78 is 42.9. The van der Waals surface area contributed by atoms with E-state index in [0.717, 1.165) is 11.3 Å². The Bertz CT molecular complexity index is 830. The Morgan fingerprint density at radius 2 is 2.19 bits per heavy atom. The maximum Gasteiger partial charge on any atom is 0.452 e. The first-order valence-corrected chi connectivity index (χ1v) is 8.60. The van der Waals surface area contributed by atoms with Crippen molar-refractivity contribution >= 4 is 23.5 Å². The van der Waals surface area contributed by atoms with Crippen LogP contribution in [0.2, 0.25) is 0 Å². The van der Waals surface area contributed by atoms with Crippen LogP contribution in [0.3, 0.4) is 0 Å². The summed E-state index contributed by atoms with van der Waals surface area (Å²) in [5.74, 6) is -2.14. The van der Waals surface area contributed by atoms with Crippen molar-refractivity contribution in [1.82, 2.24) is 10.1 Å². The molecular formula is C16H15F3N2O4S. The van der Waals surface area contributed by atoms with E-state index in [-0.39, 0.29) is 23.7 Å². The van der Waals surface area contributed by atoms with Gasteiger partial charge in [-0.05, 0) is 25.5 Å². The average molecular weight is 388 g/mol. The summed E-state index contributed by atoms with van der Waals surface area (Å²) in [5.41, 5.74) is -0.0957. The first kappa shape index (κ1) is 18.6. The van der Waals surface area contributed by atoms with E-state index in [1.807, 2.05) is 0 Å². The van der Waals surface area contributed by atoms with Crippen LogP contribution in [0.1, 0.15) is 27.4 Å². The van der Waals surface area contributed by atoms with Gasteiger partial charge in [0.25, 0.3) is 5.91 Å². The number of aromatic nitrogens is 1. The molecular weight excluding hydrogens is 373 g/mol. The topological polar surface area (TPSA) is 83.6 Å². The molecule has 0 bridgehead atoms. The Kier molecular flexibility index (Phi) is 4.89. The number of hydrogen-bond donors (Lipinski definition) is 1. The second-order valence-corrected chi connectivity index (χ2v) is 7.14. The first-order chi connectivity index (χ1) is 12.2. The average Bonchev–Trinajstić information content (AvgIpc) is 3.20. The number of carbonyl (C=O) groups excluding carboxylic acids is 2. The Balaban J connectivity index is 1.81. The van der Waals surface area contributed by atoms with Crippen molar-refractivity contribution in [3.05, 3.63) is 28.3 Å². The molecule has 1 saturated heterocycles. The molecule has 0 aromatic carbocycles. The highest BCUT2D eigenvalue weighted by Crippen LogP contribution is 2.38. The minimum atomic E-state index is -4.64. The quantitative estimate of drug-likeness (QED) is 0.818. The number of nitrogens with zero attached hydrogens (tertiary/aromatic N) is 2. The largest absolute Gasteiger partial charge is 0.452 e. The fraction of sp³-hybridized carbons (Fsp3) is 0.438. The van der Waals surface area contributed by atoms with Crippen molar-refractivity contribution in [2.24, 2.45) is 5.92 Å². The van der Waals surface area contributed by atoms with Gasteiger partial charge in [0.15, 0.2) is 0 Å². The van der Waals surface area contributed by atoms with Crippen LogP contribution < -0.4 is 0 Å². The van der Waals surface area contributed by atoms with Gasteiger partial charge < -0.3 is 19.3 Å². The molecule has 0 radical (unpaired) electrons. The van der Waals surface area contributed by atoms with Gasteiger partial charge in [-0.3, -0.25) is 4.79 Å². The van der Waals surface area contributed by atoms with Gasteiger partial charge in [-0.25, -0.2) is 0 Å². The SMILES string of the molecule is Cc1c(-c2ccc(C(=O)N3CC[C@H](O)C(C=O)C3)s2)noc1C(F)(F)F. The zero-order chi connectivity index (χ0) is 19.1. The van der Waals surface area contributed by atoms with E-state index in [1.54, 1.807) is 0 Å². The molecule has 1 amide bonds. The molecule has 10 heteroatoms. The van der Waals surface area contributed by atoms with Crippen LogP contribution in [0, 0.1) is 12.8 Å². The van der Waals surface area contributed by atoms with Crippen LogP contribution in [0.4, 0.5) is 13.2 Å². The van der Waals surface area contributed by atoms with Crippen molar-refractivity contribution in [1.29, 1.82) is 0 Å². The number of aliphatic hydroxyl groups excluding tert-OH is 1. The van der Waals surface area contributed by atoms with E-state index in [0.29, 0.717) is 29.0 Å². The number of rotatable bonds is 3. The van der Waals surface area contributed by atoms with Crippen molar-refractivity contribution in [2.45, 2.75) is 25.6 Å². The molecule has 1 aliphatic heterocycles. The van der Waals surface area contributed by atoms with Gasteiger partial charge in [-0.15, -0.1) is 11.3 Å². The van der Waals surface area contributed by atoms with E-state index >= 15 is 0 Å². The molecule has 3 heterocycles. The summed E-state index contributed by atoms with van der Waals surface area (Å²) in [4.78, 5) is 25.7. The number of thiophene rings is 1. The highest BCUT2D eigenvalue weighted by atomic mass is 32.1. The van der Waals surface area contributed by atoms with Gasteiger partial charge in [-0.2, -0.15) is 13.2 Å². The molecule has 1 fully saturated rings. The Morgan fingerprint density at radius 1 is 1.46 bits per heavy atom. The molecule has 2 atom stereocenters. The summed E-state index contributed by atoms with van der Waals surface area (Å²) in [5, 5.41) is 13.2. The van der Waals surface area contributed by atoms with E-state index in [2.05, 4.69) is 9.68 Å². The second-order valence-electron chi connectivity index (χ2n) is 6.05. The van der Waals surface area contributed by atoms with E-state index < -0.39 is 24.0 Å². The molecule has 1 unspecified atom stereocenters. The van der Waals surface area contributed by atoms with Gasteiger partial charge in [0.2, 0.25) is 5.76 Å². The molecule has 26 heavy (non-hydrogen) atoms. The van der Waals surface area contributed by atoms with Crippen molar-refractivity contribution in [3.63, 3.8) is 0 Å². The molecule has 3 rings (SSSR count). The van der Waals surface area contributed by atoms with Crippen molar-refractivity contribution in [2.75, 3.05) is 13.1 Å². The number of aliphatic hydroxyl groups is 1. The highest BCUT2D eigenvalue weighted by Gasteiger charge is 2.39. The van der Waals surface area contributed by atoms with Crippen LogP contribution in [0.5, 0.6) is 0 Å². The van der Waals surface area contributed by atoms with Gasteiger partial charge in [0, 0.05) is 18.7 Å². The smallest absolute Gasteiger partial charge is 0.392 e. The number of alkyl halides is 3. The summed E-state index contributed by atoms with van der Waals surface area (Å²) in [7, 11) is 0. The Morgan fingerprint density at radius 3 is 2.81 bits per heavy atom.